The average molecular weight is 279 g/mol. The fourth-order valence-corrected chi connectivity index (χ4v) is 1.90. The number of carbonyl (C=O) groups excluding carboxylic acids is 1. The molecule has 0 atom stereocenters. The summed E-state index contributed by atoms with van der Waals surface area (Å²) < 4.78 is 10.8. The van der Waals surface area contributed by atoms with Gasteiger partial charge in [0.05, 0.1) is 23.7 Å². The van der Waals surface area contributed by atoms with Gasteiger partial charge in [-0.25, -0.2) is 0 Å². The summed E-state index contributed by atoms with van der Waals surface area (Å²) in [6, 6.07) is 3.50. The molecule has 0 bridgehead atoms. The first kappa shape index (κ1) is 14.5. The lowest BCUT2D eigenvalue weighted by atomic mass is 10.2. The zero-order chi connectivity index (χ0) is 14.4. The number of fused-ring (bicyclic) bond motifs is 1. The number of unbranched alkanes of at least 4 members (excludes halogenated alkanes) is 1. The minimum atomic E-state index is -0.156. The summed E-state index contributed by atoms with van der Waals surface area (Å²) in [6.45, 7) is 4.24. The highest BCUT2D eigenvalue weighted by Gasteiger charge is 2.17. The third-order valence-corrected chi connectivity index (χ3v) is 2.99. The molecule has 0 saturated carbocycles. The normalized spacial score (nSPS) is 13.3. The molecule has 2 rings (SSSR count). The monoisotopic (exact) mass is 279 g/mol. The van der Waals surface area contributed by atoms with Crippen molar-refractivity contribution < 1.29 is 14.3 Å². The molecule has 1 heterocycles. The molecule has 0 aromatic heterocycles. The van der Waals surface area contributed by atoms with E-state index >= 15 is 0 Å². The number of nitrogens with two attached hydrogens (primary N) is 1. The molecular formula is C14H21N3O3. The summed E-state index contributed by atoms with van der Waals surface area (Å²) in [4.78, 5) is 11.3. The second-order valence-corrected chi connectivity index (χ2v) is 4.67. The Kier molecular flexibility index (Phi) is 5.06. The highest BCUT2D eigenvalue weighted by Crippen LogP contribution is 2.34. The zero-order valence-electron chi connectivity index (χ0n) is 11.7. The van der Waals surface area contributed by atoms with Crippen LogP contribution in [0, 0.1) is 0 Å². The molecule has 6 nitrogen and oxygen atoms in total. The van der Waals surface area contributed by atoms with Crippen LogP contribution in [0.15, 0.2) is 12.1 Å². The van der Waals surface area contributed by atoms with Crippen molar-refractivity contribution in [2.24, 2.45) is 0 Å². The van der Waals surface area contributed by atoms with Crippen molar-refractivity contribution in [1.29, 1.82) is 0 Å². The minimum absolute atomic E-state index is 0.0322. The van der Waals surface area contributed by atoms with Gasteiger partial charge in [-0.05, 0) is 12.5 Å². The average Bonchev–Trinajstić information content (AvgIpc) is 2.43. The maximum Gasteiger partial charge on any atom is 0.262 e. The van der Waals surface area contributed by atoms with Crippen molar-refractivity contribution in [3.63, 3.8) is 0 Å². The van der Waals surface area contributed by atoms with Gasteiger partial charge >= 0.3 is 0 Å². The SMILES string of the molecule is CCCCOCCNc1cc2c(cc1N)OCC(=O)N2. The molecule has 0 unspecified atom stereocenters. The molecule has 1 aliphatic heterocycles. The fraction of sp³-hybridized carbons (Fsp3) is 0.500. The molecule has 0 aliphatic carbocycles. The molecular weight excluding hydrogens is 258 g/mol. The van der Waals surface area contributed by atoms with Gasteiger partial charge in [0.1, 0.15) is 5.75 Å². The molecule has 6 heteroatoms. The summed E-state index contributed by atoms with van der Waals surface area (Å²) in [7, 11) is 0. The van der Waals surface area contributed by atoms with Crippen molar-refractivity contribution in [3.8, 4) is 5.75 Å². The predicted octanol–water partition coefficient (Wildman–Crippen LogP) is 1.83. The first-order valence-corrected chi connectivity index (χ1v) is 6.88. The van der Waals surface area contributed by atoms with Gasteiger partial charge in [0.15, 0.2) is 6.61 Å². The van der Waals surface area contributed by atoms with Crippen LogP contribution in [0.2, 0.25) is 0 Å². The number of rotatable bonds is 7. The molecule has 1 amide bonds. The van der Waals surface area contributed by atoms with Crippen LogP contribution in [-0.4, -0.2) is 32.3 Å². The Labute approximate surface area is 118 Å². The summed E-state index contributed by atoms with van der Waals surface area (Å²) in [5.74, 6) is 0.447. The first-order chi connectivity index (χ1) is 9.70. The lowest BCUT2D eigenvalue weighted by Crippen LogP contribution is -2.25. The van der Waals surface area contributed by atoms with E-state index in [9.17, 15) is 4.79 Å². The van der Waals surface area contributed by atoms with Gasteiger partial charge < -0.3 is 25.8 Å². The summed E-state index contributed by atoms with van der Waals surface area (Å²) in [5, 5.41) is 5.95. The van der Waals surface area contributed by atoms with E-state index in [1.54, 1.807) is 12.1 Å². The van der Waals surface area contributed by atoms with Crippen LogP contribution >= 0.6 is 0 Å². The van der Waals surface area contributed by atoms with Crippen molar-refractivity contribution in [3.05, 3.63) is 12.1 Å². The van der Waals surface area contributed by atoms with Gasteiger partial charge in [-0.2, -0.15) is 0 Å². The Morgan fingerprint density at radius 3 is 3.10 bits per heavy atom. The standard InChI is InChI=1S/C14H21N3O3/c1-2-3-5-19-6-4-16-11-8-12-13(7-10(11)15)20-9-14(18)17-12/h7-8,16H,2-6,9,15H2,1H3,(H,17,18). The number of hydrogen-bond donors (Lipinski definition) is 3. The largest absolute Gasteiger partial charge is 0.482 e. The molecule has 1 aromatic carbocycles. The molecule has 1 aromatic rings. The Morgan fingerprint density at radius 2 is 2.30 bits per heavy atom. The molecule has 0 spiro atoms. The Bertz CT molecular complexity index is 477. The molecule has 0 saturated heterocycles. The van der Waals surface area contributed by atoms with Crippen LogP contribution in [0.5, 0.6) is 5.75 Å². The number of nitrogens with one attached hydrogen (secondary N) is 2. The van der Waals surface area contributed by atoms with Crippen molar-refractivity contribution in [2.75, 3.05) is 42.7 Å². The van der Waals surface area contributed by atoms with Crippen LogP contribution in [0.25, 0.3) is 0 Å². The third kappa shape index (κ3) is 3.77. The van der Waals surface area contributed by atoms with E-state index in [0.29, 0.717) is 30.3 Å². The number of nitrogen functional groups attached to an aromatic ring is 1. The maximum atomic E-state index is 11.3. The van der Waals surface area contributed by atoms with Gasteiger partial charge in [0.2, 0.25) is 0 Å². The number of ether oxygens (including phenoxy) is 2. The lowest BCUT2D eigenvalue weighted by molar-refractivity contribution is -0.118. The van der Waals surface area contributed by atoms with Gasteiger partial charge in [-0.3, -0.25) is 4.79 Å². The molecule has 0 radical (unpaired) electrons. The second-order valence-electron chi connectivity index (χ2n) is 4.67. The van der Waals surface area contributed by atoms with Gasteiger partial charge in [-0.1, -0.05) is 13.3 Å². The smallest absolute Gasteiger partial charge is 0.262 e. The lowest BCUT2D eigenvalue weighted by Gasteiger charge is -2.20. The fourth-order valence-electron chi connectivity index (χ4n) is 1.90. The van der Waals surface area contributed by atoms with E-state index in [0.717, 1.165) is 25.1 Å². The number of anilines is 3. The predicted molar refractivity (Wildman–Crippen MR) is 79.2 cm³/mol. The van der Waals surface area contributed by atoms with Gasteiger partial charge in [0, 0.05) is 19.2 Å². The highest BCUT2D eigenvalue weighted by molar-refractivity contribution is 5.97. The van der Waals surface area contributed by atoms with Crippen LogP contribution in [0.3, 0.4) is 0 Å². The number of hydrogen-bond acceptors (Lipinski definition) is 5. The van der Waals surface area contributed by atoms with E-state index in [2.05, 4.69) is 17.6 Å². The van der Waals surface area contributed by atoms with Crippen LogP contribution < -0.4 is 21.1 Å². The summed E-state index contributed by atoms with van der Waals surface area (Å²) in [5.41, 5.74) is 7.95. The molecule has 1 aliphatic rings. The maximum absolute atomic E-state index is 11.3. The van der Waals surface area contributed by atoms with E-state index < -0.39 is 0 Å². The van der Waals surface area contributed by atoms with E-state index in [4.69, 9.17) is 15.2 Å². The Hall–Kier alpha value is -1.95. The summed E-state index contributed by atoms with van der Waals surface area (Å²) >= 11 is 0. The van der Waals surface area contributed by atoms with Crippen molar-refractivity contribution in [1.82, 2.24) is 0 Å². The van der Waals surface area contributed by atoms with Gasteiger partial charge in [0.25, 0.3) is 5.91 Å². The first-order valence-electron chi connectivity index (χ1n) is 6.88. The highest BCUT2D eigenvalue weighted by atomic mass is 16.5. The van der Waals surface area contributed by atoms with E-state index in [1.807, 2.05) is 0 Å². The summed E-state index contributed by atoms with van der Waals surface area (Å²) in [6.07, 6.45) is 2.20. The van der Waals surface area contributed by atoms with Crippen LogP contribution in [0.4, 0.5) is 17.1 Å². The van der Waals surface area contributed by atoms with Gasteiger partial charge in [-0.15, -0.1) is 0 Å². The van der Waals surface area contributed by atoms with E-state index in [1.165, 1.54) is 0 Å². The third-order valence-electron chi connectivity index (χ3n) is 2.99. The van der Waals surface area contributed by atoms with Crippen molar-refractivity contribution >= 4 is 23.0 Å². The van der Waals surface area contributed by atoms with Crippen molar-refractivity contribution in [2.45, 2.75) is 19.8 Å². The quantitative estimate of drug-likeness (QED) is 0.523. The molecule has 0 fully saturated rings. The minimum Gasteiger partial charge on any atom is -0.482 e. The van der Waals surface area contributed by atoms with Crippen LogP contribution in [0.1, 0.15) is 19.8 Å². The van der Waals surface area contributed by atoms with Crippen LogP contribution in [-0.2, 0) is 9.53 Å². The van der Waals surface area contributed by atoms with E-state index in [-0.39, 0.29) is 12.5 Å². The Balaban J connectivity index is 1.88. The topological polar surface area (TPSA) is 85.6 Å². The number of benzene rings is 1. The molecule has 4 N–H and O–H groups in total. The number of carbonyl (C=O) groups is 1. The molecule has 20 heavy (non-hydrogen) atoms. The number of amides is 1. The zero-order valence-corrected chi connectivity index (χ0v) is 11.7. The Morgan fingerprint density at radius 1 is 1.45 bits per heavy atom. The second kappa shape index (κ2) is 7.00. The molecule has 110 valence electrons.